The van der Waals surface area contributed by atoms with Crippen LogP contribution in [-0.2, 0) is 5.67 Å². The van der Waals surface area contributed by atoms with Gasteiger partial charge in [-0.2, -0.15) is 0 Å². The molecule has 1 aliphatic carbocycles. The average Bonchev–Trinajstić information content (AvgIpc) is 2.15. The van der Waals surface area contributed by atoms with Gasteiger partial charge in [0.15, 0.2) is 5.67 Å². The van der Waals surface area contributed by atoms with Crippen LogP contribution in [0.5, 0.6) is 0 Å². The lowest BCUT2D eigenvalue weighted by atomic mass is 9.75. The molecule has 0 aliphatic heterocycles. The Balaban J connectivity index is 2.25. The van der Waals surface area contributed by atoms with Crippen LogP contribution in [0.25, 0.3) is 0 Å². The van der Waals surface area contributed by atoms with Crippen molar-refractivity contribution in [3.63, 3.8) is 0 Å². The van der Waals surface area contributed by atoms with Crippen molar-refractivity contribution in [1.82, 2.24) is 4.98 Å². The summed E-state index contributed by atoms with van der Waals surface area (Å²) >= 11 is 0. The minimum atomic E-state index is -2.87. The molecule has 88 valence electrons. The fourth-order valence-electron chi connectivity index (χ4n) is 1.97. The topological polar surface area (TPSA) is 12.9 Å². The molecule has 2 rings (SSSR count). The van der Waals surface area contributed by atoms with Crippen LogP contribution in [0.4, 0.5) is 13.2 Å². The molecule has 0 saturated heterocycles. The number of nitrogens with zero attached hydrogens (tertiary/aromatic N) is 1. The van der Waals surface area contributed by atoms with Crippen LogP contribution in [0.15, 0.2) is 18.2 Å². The molecule has 0 amide bonds. The molecule has 16 heavy (non-hydrogen) atoms. The number of hydrogen-bond acceptors (Lipinski definition) is 1. The van der Waals surface area contributed by atoms with Crippen LogP contribution >= 0.6 is 0 Å². The standard InChI is InChI=1S/C12H14F3N/c1-8(2)9-4-3-5-10(16-9)11(13)6-12(14,15)7-11/h3-5,8H,6-7H2,1-2H3. The molecule has 0 aromatic carbocycles. The second-order valence-electron chi connectivity index (χ2n) is 4.78. The van der Waals surface area contributed by atoms with Gasteiger partial charge in [0, 0.05) is 5.69 Å². The molecule has 0 N–H and O–H groups in total. The number of pyridine rings is 1. The summed E-state index contributed by atoms with van der Waals surface area (Å²) in [6.45, 7) is 3.87. The highest BCUT2D eigenvalue weighted by Crippen LogP contribution is 2.53. The lowest BCUT2D eigenvalue weighted by Gasteiger charge is -2.40. The maximum atomic E-state index is 14.0. The first-order valence-electron chi connectivity index (χ1n) is 5.37. The van der Waals surface area contributed by atoms with Gasteiger partial charge in [0.25, 0.3) is 5.92 Å². The number of hydrogen-bond donors (Lipinski definition) is 0. The van der Waals surface area contributed by atoms with Gasteiger partial charge in [-0.3, -0.25) is 4.98 Å². The van der Waals surface area contributed by atoms with Gasteiger partial charge in [0.1, 0.15) is 0 Å². The summed E-state index contributed by atoms with van der Waals surface area (Å²) in [7, 11) is 0. The molecule has 1 heterocycles. The third-order valence-electron chi connectivity index (χ3n) is 2.90. The van der Waals surface area contributed by atoms with Gasteiger partial charge < -0.3 is 0 Å². The van der Waals surface area contributed by atoms with Crippen LogP contribution in [-0.4, -0.2) is 10.9 Å². The summed E-state index contributed by atoms with van der Waals surface area (Å²) in [6, 6.07) is 4.95. The molecule has 1 saturated carbocycles. The van der Waals surface area contributed by atoms with Gasteiger partial charge in [-0.1, -0.05) is 19.9 Å². The number of aromatic nitrogens is 1. The van der Waals surface area contributed by atoms with Gasteiger partial charge in [-0.05, 0) is 18.1 Å². The van der Waals surface area contributed by atoms with Crippen molar-refractivity contribution in [2.24, 2.45) is 0 Å². The molecule has 1 aromatic rings. The highest BCUT2D eigenvalue weighted by atomic mass is 19.3. The first kappa shape index (κ1) is 11.4. The predicted molar refractivity (Wildman–Crippen MR) is 55.3 cm³/mol. The molecule has 1 nitrogen and oxygen atoms in total. The third-order valence-corrected chi connectivity index (χ3v) is 2.90. The van der Waals surface area contributed by atoms with E-state index >= 15 is 0 Å². The zero-order valence-corrected chi connectivity index (χ0v) is 9.30. The van der Waals surface area contributed by atoms with E-state index in [4.69, 9.17) is 0 Å². The van der Waals surface area contributed by atoms with Crippen molar-refractivity contribution in [3.8, 4) is 0 Å². The predicted octanol–water partition coefficient (Wildman–Crippen LogP) is 3.80. The molecule has 1 fully saturated rings. The Hall–Kier alpha value is -1.06. The zero-order valence-electron chi connectivity index (χ0n) is 9.30. The van der Waals surface area contributed by atoms with Gasteiger partial charge in [-0.25, -0.2) is 13.2 Å². The molecule has 0 unspecified atom stereocenters. The Morgan fingerprint density at radius 2 is 1.81 bits per heavy atom. The zero-order chi connectivity index (χ0) is 12.0. The first-order valence-corrected chi connectivity index (χ1v) is 5.37. The third kappa shape index (κ3) is 1.93. The normalized spacial score (nSPS) is 21.9. The molecule has 0 atom stereocenters. The first-order chi connectivity index (χ1) is 7.32. The monoisotopic (exact) mass is 229 g/mol. The smallest absolute Gasteiger partial charge is 0.254 e. The Labute approximate surface area is 92.7 Å². The number of alkyl halides is 3. The summed E-state index contributed by atoms with van der Waals surface area (Å²) in [5.74, 6) is -2.70. The molecule has 1 aliphatic rings. The minimum absolute atomic E-state index is 0.143. The van der Waals surface area contributed by atoms with Crippen LogP contribution < -0.4 is 0 Å². The van der Waals surface area contributed by atoms with Crippen molar-refractivity contribution in [3.05, 3.63) is 29.6 Å². The largest absolute Gasteiger partial charge is 0.255 e. The van der Waals surface area contributed by atoms with E-state index in [1.807, 2.05) is 13.8 Å². The van der Waals surface area contributed by atoms with Crippen molar-refractivity contribution >= 4 is 0 Å². The number of rotatable bonds is 2. The summed E-state index contributed by atoms with van der Waals surface area (Å²) in [6.07, 6.45) is -1.48. The fraction of sp³-hybridized carbons (Fsp3) is 0.583. The molecule has 0 radical (unpaired) electrons. The Bertz CT molecular complexity index is 393. The van der Waals surface area contributed by atoms with Gasteiger partial charge >= 0.3 is 0 Å². The highest BCUT2D eigenvalue weighted by molar-refractivity contribution is 5.23. The van der Waals surface area contributed by atoms with Gasteiger partial charge in [0.05, 0.1) is 18.5 Å². The van der Waals surface area contributed by atoms with Gasteiger partial charge in [0.2, 0.25) is 0 Å². The number of halogens is 3. The lowest BCUT2D eigenvalue weighted by molar-refractivity contribution is -0.176. The van der Waals surface area contributed by atoms with Crippen LogP contribution in [0, 0.1) is 0 Å². The average molecular weight is 229 g/mol. The van der Waals surface area contributed by atoms with E-state index in [0.29, 0.717) is 0 Å². The molecule has 4 heteroatoms. The van der Waals surface area contributed by atoms with Crippen molar-refractivity contribution in [2.75, 3.05) is 0 Å². The van der Waals surface area contributed by atoms with Crippen molar-refractivity contribution in [1.29, 1.82) is 0 Å². The molecule has 0 spiro atoms. The maximum Gasteiger partial charge on any atom is 0.255 e. The van der Waals surface area contributed by atoms with E-state index < -0.39 is 24.4 Å². The highest BCUT2D eigenvalue weighted by Gasteiger charge is 2.59. The fourth-order valence-corrected chi connectivity index (χ4v) is 1.97. The molecule has 1 aromatic heterocycles. The summed E-state index contributed by atoms with van der Waals surface area (Å²) in [5, 5.41) is 0. The van der Waals surface area contributed by atoms with Crippen LogP contribution in [0.3, 0.4) is 0 Å². The summed E-state index contributed by atoms with van der Waals surface area (Å²) in [4.78, 5) is 4.12. The van der Waals surface area contributed by atoms with E-state index in [0.717, 1.165) is 5.69 Å². The van der Waals surface area contributed by atoms with Crippen LogP contribution in [0.2, 0.25) is 0 Å². The van der Waals surface area contributed by atoms with E-state index in [9.17, 15) is 13.2 Å². The quantitative estimate of drug-likeness (QED) is 0.751. The van der Waals surface area contributed by atoms with E-state index in [2.05, 4.69) is 4.98 Å². The second kappa shape index (κ2) is 3.47. The molecular weight excluding hydrogens is 215 g/mol. The van der Waals surface area contributed by atoms with Crippen molar-refractivity contribution in [2.45, 2.75) is 44.2 Å². The lowest BCUT2D eigenvalue weighted by Crippen LogP contribution is -2.46. The van der Waals surface area contributed by atoms with E-state index in [1.165, 1.54) is 6.07 Å². The molecular formula is C12H14F3N. The van der Waals surface area contributed by atoms with Crippen LogP contribution in [0.1, 0.15) is 44.0 Å². The SMILES string of the molecule is CC(C)c1cccc(C2(F)CC(F)(F)C2)n1. The van der Waals surface area contributed by atoms with Gasteiger partial charge in [-0.15, -0.1) is 0 Å². The van der Waals surface area contributed by atoms with E-state index in [1.54, 1.807) is 12.1 Å². The molecule has 0 bridgehead atoms. The maximum absolute atomic E-state index is 14.0. The summed E-state index contributed by atoms with van der Waals surface area (Å²) in [5.41, 5.74) is -1.05. The Morgan fingerprint density at radius 3 is 2.31 bits per heavy atom. The minimum Gasteiger partial charge on any atom is -0.254 e. The van der Waals surface area contributed by atoms with Crippen molar-refractivity contribution < 1.29 is 13.2 Å². The second-order valence-corrected chi connectivity index (χ2v) is 4.78. The summed E-state index contributed by atoms with van der Waals surface area (Å²) < 4.78 is 39.5. The Kier molecular flexibility index (Phi) is 2.48. The Morgan fingerprint density at radius 1 is 1.19 bits per heavy atom. The van der Waals surface area contributed by atoms with E-state index in [-0.39, 0.29) is 11.6 Å².